The van der Waals surface area contributed by atoms with Crippen molar-refractivity contribution in [3.8, 4) is 0 Å². The summed E-state index contributed by atoms with van der Waals surface area (Å²) < 4.78 is 1.77. The molecule has 0 aromatic carbocycles. The molecular formula is C13H22N2OS. The zero-order chi connectivity index (χ0) is 13.1. The molecule has 0 unspecified atom stereocenters. The fraction of sp³-hybridized carbons (Fsp3) is 0.692. The van der Waals surface area contributed by atoms with Crippen molar-refractivity contribution in [2.45, 2.75) is 47.1 Å². The lowest BCUT2D eigenvalue weighted by Crippen LogP contribution is -2.35. The second-order valence-electron chi connectivity index (χ2n) is 4.77. The Hall–Kier alpha value is -0.770. The molecule has 1 rings (SSSR count). The summed E-state index contributed by atoms with van der Waals surface area (Å²) >= 11 is 4.44. The Morgan fingerprint density at radius 1 is 1.35 bits per heavy atom. The predicted molar refractivity (Wildman–Crippen MR) is 74.8 cm³/mol. The molecule has 0 aliphatic heterocycles. The second kappa shape index (κ2) is 5.71. The van der Waals surface area contributed by atoms with Crippen LogP contribution in [0.3, 0.4) is 0 Å². The van der Waals surface area contributed by atoms with Gasteiger partial charge in [-0.3, -0.25) is 4.57 Å². The number of hydrogen-bond acceptors (Lipinski definition) is 3. The van der Waals surface area contributed by atoms with E-state index in [1.165, 1.54) is 0 Å². The molecule has 1 aromatic heterocycles. The topological polar surface area (TPSA) is 34.9 Å². The van der Waals surface area contributed by atoms with E-state index in [0.717, 1.165) is 30.0 Å². The van der Waals surface area contributed by atoms with E-state index in [1.54, 1.807) is 4.57 Å². The van der Waals surface area contributed by atoms with E-state index >= 15 is 0 Å². The highest BCUT2D eigenvalue weighted by Gasteiger charge is 2.26. The van der Waals surface area contributed by atoms with E-state index in [2.05, 4.69) is 31.5 Å². The Morgan fingerprint density at radius 3 is 2.35 bits per heavy atom. The summed E-state index contributed by atoms with van der Waals surface area (Å²) in [5, 5.41) is 0. The molecule has 3 nitrogen and oxygen atoms in total. The van der Waals surface area contributed by atoms with Crippen molar-refractivity contribution in [1.82, 2.24) is 9.55 Å². The SMILES string of the molecule is CCC(CC)(CS)Cn1c(C)cc(C)nc1=O. The van der Waals surface area contributed by atoms with Crippen molar-refractivity contribution in [3.63, 3.8) is 0 Å². The fourth-order valence-electron chi connectivity index (χ4n) is 2.05. The maximum atomic E-state index is 11.9. The molecule has 0 fully saturated rings. The van der Waals surface area contributed by atoms with Crippen LogP contribution in [0.2, 0.25) is 0 Å². The lowest BCUT2D eigenvalue weighted by atomic mass is 9.84. The Labute approximate surface area is 109 Å². The largest absolute Gasteiger partial charge is 0.347 e. The van der Waals surface area contributed by atoms with Gasteiger partial charge in [-0.05, 0) is 43.9 Å². The lowest BCUT2D eigenvalue weighted by Gasteiger charge is -2.31. The molecule has 17 heavy (non-hydrogen) atoms. The Bertz CT molecular complexity index is 427. The van der Waals surface area contributed by atoms with E-state index in [9.17, 15) is 4.79 Å². The monoisotopic (exact) mass is 254 g/mol. The third-order valence-electron chi connectivity index (χ3n) is 3.68. The van der Waals surface area contributed by atoms with Crippen LogP contribution in [-0.4, -0.2) is 15.3 Å². The van der Waals surface area contributed by atoms with E-state index in [1.807, 2.05) is 19.9 Å². The first-order valence-electron chi connectivity index (χ1n) is 6.14. The standard InChI is InChI=1S/C13H22N2OS/c1-5-13(6-2,9-17)8-15-11(4)7-10(3)14-12(15)16/h7,17H,5-6,8-9H2,1-4H3. The van der Waals surface area contributed by atoms with Crippen molar-refractivity contribution < 1.29 is 0 Å². The normalized spacial score (nSPS) is 11.8. The number of nitrogens with zero attached hydrogens (tertiary/aromatic N) is 2. The van der Waals surface area contributed by atoms with Gasteiger partial charge in [0.05, 0.1) is 0 Å². The van der Waals surface area contributed by atoms with E-state index in [4.69, 9.17) is 0 Å². The van der Waals surface area contributed by atoms with Gasteiger partial charge >= 0.3 is 5.69 Å². The summed E-state index contributed by atoms with van der Waals surface area (Å²) in [6.45, 7) is 8.83. The summed E-state index contributed by atoms with van der Waals surface area (Å²) in [4.78, 5) is 15.9. The molecule has 0 saturated carbocycles. The van der Waals surface area contributed by atoms with Crippen molar-refractivity contribution >= 4 is 12.6 Å². The van der Waals surface area contributed by atoms with Crippen LogP contribution in [-0.2, 0) is 6.54 Å². The highest BCUT2D eigenvalue weighted by Crippen LogP contribution is 2.29. The van der Waals surface area contributed by atoms with Gasteiger partial charge in [0.15, 0.2) is 0 Å². The molecule has 0 radical (unpaired) electrons. The van der Waals surface area contributed by atoms with Crippen LogP contribution in [0.4, 0.5) is 0 Å². The van der Waals surface area contributed by atoms with Gasteiger partial charge in [-0.2, -0.15) is 17.6 Å². The summed E-state index contributed by atoms with van der Waals surface area (Å²) in [5.41, 5.74) is 1.72. The van der Waals surface area contributed by atoms with Gasteiger partial charge in [0, 0.05) is 17.9 Å². The second-order valence-corrected chi connectivity index (χ2v) is 5.09. The van der Waals surface area contributed by atoms with E-state index in [-0.39, 0.29) is 11.1 Å². The fourth-order valence-corrected chi connectivity index (χ4v) is 2.60. The first-order chi connectivity index (χ1) is 7.98. The molecule has 0 spiro atoms. The molecule has 0 aliphatic rings. The minimum absolute atomic E-state index is 0.0919. The summed E-state index contributed by atoms with van der Waals surface area (Å²) in [7, 11) is 0. The highest BCUT2D eigenvalue weighted by molar-refractivity contribution is 7.80. The third kappa shape index (κ3) is 3.12. The van der Waals surface area contributed by atoms with Gasteiger partial charge in [-0.25, -0.2) is 4.79 Å². The zero-order valence-corrected chi connectivity index (χ0v) is 12.1. The molecule has 0 atom stereocenters. The predicted octanol–water partition coefficient (Wildman–Crippen LogP) is 2.60. The van der Waals surface area contributed by atoms with Crippen molar-refractivity contribution in [2.75, 3.05) is 5.75 Å². The quantitative estimate of drug-likeness (QED) is 0.820. The molecule has 0 bridgehead atoms. The van der Waals surface area contributed by atoms with Crippen LogP contribution in [0, 0.1) is 19.3 Å². The van der Waals surface area contributed by atoms with Gasteiger partial charge < -0.3 is 0 Å². The van der Waals surface area contributed by atoms with Gasteiger partial charge in [-0.1, -0.05) is 13.8 Å². The Kier molecular flexibility index (Phi) is 4.80. The number of aromatic nitrogens is 2. The van der Waals surface area contributed by atoms with Crippen LogP contribution >= 0.6 is 12.6 Å². The molecule has 0 saturated heterocycles. The lowest BCUT2D eigenvalue weighted by molar-refractivity contribution is 0.251. The van der Waals surface area contributed by atoms with Crippen LogP contribution in [0.25, 0.3) is 0 Å². The molecule has 0 N–H and O–H groups in total. The minimum Gasteiger partial charge on any atom is -0.296 e. The Morgan fingerprint density at radius 2 is 1.94 bits per heavy atom. The first-order valence-corrected chi connectivity index (χ1v) is 6.77. The van der Waals surface area contributed by atoms with Crippen LogP contribution < -0.4 is 5.69 Å². The number of hydrogen-bond donors (Lipinski definition) is 1. The maximum Gasteiger partial charge on any atom is 0.347 e. The van der Waals surface area contributed by atoms with Gasteiger partial charge in [0.2, 0.25) is 0 Å². The maximum absolute atomic E-state index is 11.9. The molecular weight excluding hydrogens is 232 g/mol. The van der Waals surface area contributed by atoms with Gasteiger partial charge in [0.25, 0.3) is 0 Å². The van der Waals surface area contributed by atoms with E-state index < -0.39 is 0 Å². The number of thiol groups is 1. The van der Waals surface area contributed by atoms with Crippen molar-refractivity contribution in [2.24, 2.45) is 5.41 Å². The summed E-state index contributed by atoms with van der Waals surface area (Å²) in [6.07, 6.45) is 2.04. The first kappa shape index (κ1) is 14.3. The zero-order valence-electron chi connectivity index (χ0n) is 11.2. The minimum atomic E-state index is -0.143. The molecule has 0 aliphatic carbocycles. The highest BCUT2D eigenvalue weighted by atomic mass is 32.1. The molecule has 1 heterocycles. The van der Waals surface area contributed by atoms with Gasteiger partial charge in [-0.15, -0.1) is 0 Å². The van der Waals surface area contributed by atoms with Crippen LogP contribution in [0.5, 0.6) is 0 Å². The van der Waals surface area contributed by atoms with Crippen molar-refractivity contribution in [1.29, 1.82) is 0 Å². The smallest absolute Gasteiger partial charge is 0.296 e. The summed E-state index contributed by atoms with van der Waals surface area (Å²) in [5.74, 6) is 0.791. The van der Waals surface area contributed by atoms with Gasteiger partial charge in [0.1, 0.15) is 0 Å². The molecule has 96 valence electrons. The third-order valence-corrected chi connectivity index (χ3v) is 4.35. The van der Waals surface area contributed by atoms with Crippen LogP contribution in [0.15, 0.2) is 10.9 Å². The average molecular weight is 254 g/mol. The van der Waals surface area contributed by atoms with E-state index in [0.29, 0.717) is 6.54 Å². The molecule has 4 heteroatoms. The molecule has 1 aromatic rings. The van der Waals surface area contributed by atoms with Crippen LogP contribution in [0.1, 0.15) is 38.1 Å². The number of aryl methyl sites for hydroxylation is 2. The summed E-state index contributed by atoms with van der Waals surface area (Å²) in [6, 6.07) is 1.95. The van der Waals surface area contributed by atoms with Crippen molar-refractivity contribution in [3.05, 3.63) is 27.9 Å². The number of rotatable bonds is 5. The Balaban J connectivity index is 3.14. The molecule has 0 amide bonds. The average Bonchev–Trinajstić information content (AvgIpc) is 2.29.